The molecule has 0 radical (unpaired) electrons. The number of nitrogens with one attached hydrogen (secondary N) is 2. The van der Waals surface area contributed by atoms with Crippen LogP contribution in [0, 0.1) is 6.92 Å². The molecule has 4 rings (SSSR count). The molecule has 3 nitrogen and oxygen atoms in total. The first-order valence-corrected chi connectivity index (χ1v) is 9.16. The molecule has 0 aliphatic rings. The Morgan fingerprint density at radius 2 is 1.63 bits per heavy atom. The standard InChI is InChI=1S/C24H22N2O/c1-17-11-13-18(14-12-17)15-26-23(19-7-3-2-4-8-19)24(27)21-16-25-22-10-6-5-9-20(21)22/h2-14,16,23,25-26H,15H2,1H3. The molecule has 0 aliphatic carbocycles. The number of Topliss-reactive ketones (excluding diaryl/α,β-unsaturated/α-hetero) is 1. The van der Waals surface area contributed by atoms with Crippen LogP contribution in [-0.4, -0.2) is 10.8 Å². The lowest BCUT2D eigenvalue weighted by Crippen LogP contribution is -2.28. The first-order valence-electron chi connectivity index (χ1n) is 9.16. The highest BCUT2D eigenvalue weighted by atomic mass is 16.1. The summed E-state index contributed by atoms with van der Waals surface area (Å²) in [6, 6.07) is 25.8. The maximum atomic E-state index is 13.4. The first-order chi connectivity index (χ1) is 13.2. The Hall–Kier alpha value is -3.17. The van der Waals surface area contributed by atoms with Gasteiger partial charge in [0, 0.05) is 29.2 Å². The van der Waals surface area contributed by atoms with E-state index < -0.39 is 6.04 Å². The van der Waals surface area contributed by atoms with E-state index in [4.69, 9.17) is 0 Å². The summed E-state index contributed by atoms with van der Waals surface area (Å²) in [7, 11) is 0. The Kier molecular flexibility index (Phi) is 4.86. The third kappa shape index (κ3) is 3.69. The van der Waals surface area contributed by atoms with Crippen LogP contribution in [0.4, 0.5) is 0 Å². The van der Waals surface area contributed by atoms with Crippen molar-refractivity contribution in [2.24, 2.45) is 0 Å². The molecule has 1 unspecified atom stereocenters. The summed E-state index contributed by atoms with van der Waals surface area (Å²) < 4.78 is 0. The molecule has 1 aromatic heterocycles. The molecule has 0 saturated carbocycles. The minimum Gasteiger partial charge on any atom is -0.360 e. The number of fused-ring (bicyclic) bond motifs is 1. The highest BCUT2D eigenvalue weighted by Crippen LogP contribution is 2.25. The van der Waals surface area contributed by atoms with E-state index in [1.165, 1.54) is 5.56 Å². The van der Waals surface area contributed by atoms with Crippen molar-refractivity contribution in [1.29, 1.82) is 0 Å². The molecule has 0 amide bonds. The van der Waals surface area contributed by atoms with Gasteiger partial charge in [0.05, 0.1) is 6.04 Å². The molecule has 3 heteroatoms. The molecule has 1 atom stereocenters. The van der Waals surface area contributed by atoms with E-state index in [1.54, 1.807) is 0 Å². The zero-order valence-electron chi connectivity index (χ0n) is 15.3. The fraction of sp³-hybridized carbons (Fsp3) is 0.125. The van der Waals surface area contributed by atoms with Gasteiger partial charge in [-0.3, -0.25) is 10.1 Å². The predicted octanol–water partition coefficient (Wildman–Crippen LogP) is 5.19. The van der Waals surface area contributed by atoms with Crippen molar-refractivity contribution < 1.29 is 4.79 Å². The van der Waals surface area contributed by atoms with Gasteiger partial charge in [-0.15, -0.1) is 0 Å². The number of aromatic nitrogens is 1. The summed E-state index contributed by atoms with van der Waals surface area (Å²) in [5.41, 5.74) is 5.06. The number of carbonyl (C=O) groups excluding carboxylic acids is 1. The van der Waals surface area contributed by atoms with E-state index in [0.29, 0.717) is 6.54 Å². The van der Waals surface area contributed by atoms with Gasteiger partial charge in [0.15, 0.2) is 5.78 Å². The van der Waals surface area contributed by atoms with Gasteiger partial charge in [0.1, 0.15) is 0 Å². The van der Waals surface area contributed by atoms with Gasteiger partial charge < -0.3 is 4.98 Å². The fourth-order valence-corrected chi connectivity index (χ4v) is 3.36. The number of benzene rings is 3. The van der Waals surface area contributed by atoms with E-state index in [2.05, 4.69) is 41.5 Å². The molecule has 3 aromatic carbocycles. The van der Waals surface area contributed by atoms with Crippen LogP contribution in [0.25, 0.3) is 10.9 Å². The monoisotopic (exact) mass is 354 g/mol. The van der Waals surface area contributed by atoms with Crippen molar-refractivity contribution in [3.05, 3.63) is 107 Å². The maximum Gasteiger partial charge on any atom is 0.186 e. The average Bonchev–Trinajstić information content (AvgIpc) is 3.14. The lowest BCUT2D eigenvalue weighted by atomic mass is 9.96. The van der Waals surface area contributed by atoms with Gasteiger partial charge in [-0.2, -0.15) is 0 Å². The summed E-state index contributed by atoms with van der Waals surface area (Å²) >= 11 is 0. The zero-order chi connectivity index (χ0) is 18.6. The van der Waals surface area contributed by atoms with Crippen molar-refractivity contribution in [1.82, 2.24) is 10.3 Å². The number of H-pyrrole nitrogens is 1. The number of rotatable bonds is 6. The highest BCUT2D eigenvalue weighted by Gasteiger charge is 2.23. The second-order valence-electron chi connectivity index (χ2n) is 6.82. The van der Waals surface area contributed by atoms with E-state index in [1.807, 2.05) is 60.8 Å². The van der Waals surface area contributed by atoms with Crippen LogP contribution in [0.1, 0.15) is 33.1 Å². The summed E-state index contributed by atoms with van der Waals surface area (Å²) in [4.78, 5) is 16.6. The number of ketones is 1. The average molecular weight is 354 g/mol. The van der Waals surface area contributed by atoms with Crippen molar-refractivity contribution in [2.75, 3.05) is 0 Å². The third-order valence-corrected chi connectivity index (χ3v) is 4.88. The van der Waals surface area contributed by atoms with Crippen LogP contribution in [0.15, 0.2) is 85.1 Å². The quantitative estimate of drug-likeness (QED) is 0.468. The Morgan fingerprint density at radius 3 is 2.41 bits per heavy atom. The SMILES string of the molecule is Cc1ccc(CNC(C(=O)c2c[nH]c3ccccc23)c2ccccc2)cc1. The van der Waals surface area contributed by atoms with Gasteiger partial charge >= 0.3 is 0 Å². The molecule has 1 heterocycles. The molecular formula is C24H22N2O. The van der Waals surface area contributed by atoms with Gasteiger partial charge in [-0.1, -0.05) is 78.4 Å². The normalized spacial score (nSPS) is 12.2. The number of hydrogen-bond donors (Lipinski definition) is 2. The van der Waals surface area contributed by atoms with Crippen LogP contribution in [-0.2, 0) is 6.54 Å². The lowest BCUT2D eigenvalue weighted by molar-refractivity contribution is 0.0943. The summed E-state index contributed by atoms with van der Waals surface area (Å²) in [6.07, 6.45) is 1.82. The zero-order valence-corrected chi connectivity index (χ0v) is 15.3. The first kappa shape index (κ1) is 17.3. The van der Waals surface area contributed by atoms with Gasteiger partial charge in [0.2, 0.25) is 0 Å². The Labute approximate surface area is 159 Å². The molecule has 27 heavy (non-hydrogen) atoms. The highest BCUT2D eigenvalue weighted by molar-refractivity contribution is 6.10. The molecule has 2 N–H and O–H groups in total. The molecule has 0 spiro atoms. The summed E-state index contributed by atoms with van der Waals surface area (Å²) in [6.45, 7) is 2.71. The van der Waals surface area contributed by atoms with Crippen LogP contribution in [0.5, 0.6) is 0 Å². The minimum atomic E-state index is -0.397. The van der Waals surface area contributed by atoms with Crippen molar-refractivity contribution in [3.63, 3.8) is 0 Å². The summed E-state index contributed by atoms with van der Waals surface area (Å²) in [5, 5.41) is 4.42. The molecule has 134 valence electrons. The number of aryl methyl sites for hydroxylation is 1. The molecule has 0 saturated heterocycles. The molecule has 0 fully saturated rings. The second kappa shape index (κ2) is 7.60. The van der Waals surface area contributed by atoms with Crippen molar-refractivity contribution in [3.8, 4) is 0 Å². The van der Waals surface area contributed by atoms with Crippen LogP contribution in [0.3, 0.4) is 0 Å². The molecular weight excluding hydrogens is 332 g/mol. The van der Waals surface area contributed by atoms with E-state index in [-0.39, 0.29) is 5.78 Å². The van der Waals surface area contributed by atoms with Gasteiger partial charge in [0.25, 0.3) is 0 Å². The Balaban J connectivity index is 1.65. The fourth-order valence-electron chi connectivity index (χ4n) is 3.36. The van der Waals surface area contributed by atoms with E-state index >= 15 is 0 Å². The van der Waals surface area contributed by atoms with E-state index in [0.717, 1.165) is 27.6 Å². The van der Waals surface area contributed by atoms with Gasteiger partial charge in [-0.25, -0.2) is 0 Å². The number of para-hydroxylation sites is 1. The molecule has 0 bridgehead atoms. The van der Waals surface area contributed by atoms with Crippen LogP contribution >= 0.6 is 0 Å². The Morgan fingerprint density at radius 1 is 0.926 bits per heavy atom. The minimum absolute atomic E-state index is 0.0748. The van der Waals surface area contributed by atoms with Crippen LogP contribution in [0.2, 0.25) is 0 Å². The van der Waals surface area contributed by atoms with Gasteiger partial charge in [-0.05, 0) is 24.1 Å². The van der Waals surface area contributed by atoms with E-state index in [9.17, 15) is 4.79 Å². The van der Waals surface area contributed by atoms with Crippen molar-refractivity contribution >= 4 is 16.7 Å². The topological polar surface area (TPSA) is 44.9 Å². The number of carbonyl (C=O) groups is 1. The predicted molar refractivity (Wildman–Crippen MR) is 110 cm³/mol. The molecule has 0 aliphatic heterocycles. The van der Waals surface area contributed by atoms with Crippen LogP contribution < -0.4 is 5.32 Å². The smallest absolute Gasteiger partial charge is 0.186 e. The lowest BCUT2D eigenvalue weighted by Gasteiger charge is -2.18. The maximum absolute atomic E-state index is 13.4. The number of aromatic amines is 1. The molecule has 4 aromatic rings. The summed E-state index contributed by atoms with van der Waals surface area (Å²) in [5.74, 6) is 0.0748. The largest absolute Gasteiger partial charge is 0.360 e. The second-order valence-corrected chi connectivity index (χ2v) is 6.82. The number of hydrogen-bond acceptors (Lipinski definition) is 2. The third-order valence-electron chi connectivity index (χ3n) is 4.88. The Bertz CT molecular complexity index is 1050. The van der Waals surface area contributed by atoms with Crippen molar-refractivity contribution in [2.45, 2.75) is 19.5 Å².